The highest BCUT2D eigenvalue weighted by atomic mass is 16.6. The molecule has 98 valence electrons. The number of phenols is 2. The summed E-state index contributed by atoms with van der Waals surface area (Å²) in [7, 11) is 0. The van der Waals surface area contributed by atoms with Crippen LogP contribution in [0, 0.1) is 10.1 Å². The zero-order valence-corrected chi connectivity index (χ0v) is 9.91. The van der Waals surface area contributed by atoms with Gasteiger partial charge in [-0.15, -0.1) is 0 Å². The van der Waals surface area contributed by atoms with Crippen LogP contribution in [0.4, 0.5) is 11.4 Å². The summed E-state index contributed by atoms with van der Waals surface area (Å²) in [6.45, 7) is 0.351. The van der Waals surface area contributed by atoms with Crippen LogP contribution in [0.3, 0.4) is 0 Å². The van der Waals surface area contributed by atoms with E-state index in [-0.39, 0.29) is 17.2 Å². The zero-order chi connectivity index (χ0) is 13.8. The van der Waals surface area contributed by atoms with E-state index >= 15 is 0 Å². The fraction of sp³-hybridized carbons (Fsp3) is 0.0769. The van der Waals surface area contributed by atoms with Crippen LogP contribution < -0.4 is 5.32 Å². The van der Waals surface area contributed by atoms with Gasteiger partial charge in [0.15, 0.2) is 0 Å². The van der Waals surface area contributed by atoms with Gasteiger partial charge < -0.3 is 15.5 Å². The van der Waals surface area contributed by atoms with Crippen LogP contribution in [-0.4, -0.2) is 15.1 Å². The average Bonchev–Trinajstić information content (AvgIpc) is 2.38. The highest BCUT2D eigenvalue weighted by molar-refractivity contribution is 5.50. The van der Waals surface area contributed by atoms with Crippen molar-refractivity contribution in [2.45, 2.75) is 6.54 Å². The molecule has 2 aromatic carbocycles. The molecule has 6 nitrogen and oxygen atoms in total. The number of benzene rings is 2. The molecule has 0 aromatic heterocycles. The fourth-order valence-electron chi connectivity index (χ4n) is 1.60. The number of anilines is 1. The first-order valence-electron chi connectivity index (χ1n) is 5.55. The third kappa shape index (κ3) is 3.12. The number of aromatic hydroxyl groups is 2. The number of hydrogen-bond donors (Lipinski definition) is 3. The Bertz CT molecular complexity index is 596. The van der Waals surface area contributed by atoms with Crippen molar-refractivity contribution >= 4 is 11.4 Å². The maximum Gasteiger partial charge on any atom is 0.269 e. The third-order valence-electron chi connectivity index (χ3n) is 2.63. The molecule has 0 unspecified atom stereocenters. The molecule has 0 fully saturated rings. The van der Waals surface area contributed by atoms with Crippen molar-refractivity contribution in [2.24, 2.45) is 0 Å². The molecule has 0 saturated carbocycles. The van der Waals surface area contributed by atoms with Crippen molar-refractivity contribution in [1.29, 1.82) is 0 Å². The van der Waals surface area contributed by atoms with Gasteiger partial charge in [0.25, 0.3) is 5.69 Å². The fourth-order valence-corrected chi connectivity index (χ4v) is 1.60. The SMILES string of the molecule is O=[N+]([O-])c1ccc(NCc2ccc(O)cc2O)cc1. The molecular formula is C13H12N2O4. The van der Waals surface area contributed by atoms with Gasteiger partial charge in [-0.05, 0) is 24.3 Å². The number of phenolic OH excluding ortho intramolecular Hbond substituents is 2. The summed E-state index contributed by atoms with van der Waals surface area (Å²) in [6, 6.07) is 10.3. The Hall–Kier alpha value is -2.76. The number of hydrogen-bond acceptors (Lipinski definition) is 5. The normalized spacial score (nSPS) is 10.1. The molecule has 0 spiro atoms. The maximum atomic E-state index is 10.5. The van der Waals surface area contributed by atoms with E-state index in [9.17, 15) is 15.2 Å². The minimum atomic E-state index is -0.463. The lowest BCUT2D eigenvalue weighted by Crippen LogP contribution is -1.99. The molecule has 0 aliphatic carbocycles. The molecule has 0 amide bonds. The summed E-state index contributed by atoms with van der Waals surface area (Å²) in [4.78, 5) is 10.0. The number of rotatable bonds is 4. The molecule has 0 aliphatic heterocycles. The number of nitro benzene ring substituents is 1. The Balaban J connectivity index is 2.04. The van der Waals surface area contributed by atoms with Gasteiger partial charge in [-0.2, -0.15) is 0 Å². The van der Waals surface area contributed by atoms with Crippen molar-refractivity contribution in [3.8, 4) is 11.5 Å². The largest absolute Gasteiger partial charge is 0.508 e. The summed E-state index contributed by atoms with van der Waals surface area (Å²) in [5.74, 6) is -0.00834. The lowest BCUT2D eigenvalue weighted by Gasteiger charge is -2.08. The highest BCUT2D eigenvalue weighted by Crippen LogP contribution is 2.23. The average molecular weight is 260 g/mol. The van der Waals surface area contributed by atoms with Gasteiger partial charge in [0.05, 0.1) is 4.92 Å². The molecule has 19 heavy (non-hydrogen) atoms. The molecule has 0 atom stereocenters. The van der Waals surface area contributed by atoms with E-state index in [2.05, 4.69) is 5.32 Å². The van der Waals surface area contributed by atoms with Crippen molar-refractivity contribution in [3.63, 3.8) is 0 Å². The van der Waals surface area contributed by atoms with Crippen LogP contribution >= 0.6 is 0 Å². The van der Waals surface area contributed by atoms with E-state index in [0.29, 0.717) is 17.8 Å². The third-order valence-corrected chi connectivity index (χ3v) is 2.63. The molecule has 2 aromatic rings. The Labute approximate surface area is 109 Å². The van der Waals surface area contributed by atoms with Crippen LogP contribution in [0.1, 0.15) is 5.56 Å². The summed E-state index contributed by atoms with van der Waals surface area (Å²) in [6.07, 6.45) is 0. The second kappa shape index (κ2) is 5.26. The van der Waals surface area contributed by atoms with Gasteiger partial charge >= 0.3 is 0 Å². The summed E-state index contributed by atoms with van der Waals surface area (Å²) >= 11 is 0. The molecule has 2 rings (SSSR count). The Morgan fingerprint density at radius 2 is 1.79 bits per heavy atom. The topological polar surface area (TPSA) is 95.6 Å². The van der Waals surface area contributed by atoms with Crippen molar-refractivity contribution in [1.82, 2.24) is 0 Å². The second-order valence-electron chi connectivity index (χ2n) is 3.97. The Morgan fingerprint density at radius 1 is 1.11 bits per heavy atom. The summed E-state index contributed by atoms with van der Waals surface area (Å²) < 4.78 is 0. The first-order chi connectivity index (χ1) is 9.06. The quantitative estimate of drug-likeness (QED) is 0.580. The number of nitrogens with one attached hydrogen (secondary N) is 1. The van der Waals surface area contributed by atoms with Gasteiger partial charge in [0.2, 0.25) is 0 Å². The smallest absolute Gasteiger partial charge is 0.269 e. The van der Waals surface area contributed by atoms with Crippen LogP contribution in [0.25, 0.3) is 0 Å². The van der Waals surface area contributed by atoms with Crippen molar-refractivity contribution < 1.29 is 15.1 Å². The zero-order valence-electron chi connectivity index (χ0n) is 9.91. The van der Waals surface area contributed by atoms with E-state index in [1.807, 2.05) is 0 Å². The summed E-state index contributed by atoms with van der Waals surface area (Å²) in [5, 5.41) is 32.3. The minimum absolute atomic E-state index is 0.00316. The van der Waals surface area contributed by atoms with E-state index in [1.165, 1.54) is 24.3 Å². The molecule has 0 heterocycles. The lowest BCUT2D eigenvalue weighted by molar-refractivity contribution is -0.384. The van der Waals surface area contributed by atoms with Gasteiger partial charge in [-0.3, -0.25) is 10.1 Å². The predicted molar refractivity (Wildman–Crippen MR) is 70.2 cm³/mol. The van der Waals surface area contributed by atoms with Gasteiger partial charge in [0, 0.05) is 36.0 Å². The minimum Gasteiger partial charge on any atom is -0.508 e. The number of nitrogens with zero attached hydrogens (tertiary/aromatic N) is 1. The van der Waals surface area contributed by atoms with Crippen molar-refractivity contribution in [3.05, 3.63) is 58.1 Å². The highest BCUT2D eigenvalue weighted by Gasteiger charge is 2.05. The van der Waals surface area contributed by atoms with Crippen LogP contribution in [0.2, 0.25) is 0 Å². The number of non-ortho nitro benzene ring substituents is 1. The first kappa shape index (κ1) is 12.7. The van der Waals surface area contributed by atoms with E-state index in [4.69, 9.17) is 5.11 Å². The van der Waals surface area contributed by atoms with Crippen LogP contribution in [-0.2, 0) is 6.54 Å². The van der Waals surface area contributed by atoms with Gasteiger partial charge in [0.1, 0.15) is 11.5 Å². The van der Waals surface area contributed by atoms with E-state index in [0.717, 1.165) is 0 Å². The molecule has 0 bridgehead atoms. The van der Waals surface area contributed by atoms with E-state index < -0.39 is 4.92 Å². The van der Waals surface area contributed by atoms with Crippen LogP contribution in [0.5, 0.6) is 11.5 Å². The molecule has 3 N–H and O–H groups in total. The monoisotopic (exact) mass is 260 g/mol. The molecular weight excluding hydrogens is 248 g/mol. The second-order valence-corrected chi connectivity index (χ2v) is 3.97. The predicted octanol–water partition coefficient (Wildman–Crippen LogP) is 2.62. The maximum absolute atomic E-state index is 10.5. The van der Waals surface area contributed by atoms with Gasteiger partial charge in [-0.1, -0.05) is 0 Å². The van der Waals surface area contributed by atoms with Crippen molar-refractivity contribution in [2.75, 3.05) is 5.32 Å². The first-order valence-corrected chi connectivity index (χ1v) is 5.55. The van der Waals surface area contributed by atoms with E-state index in [1.54, 1.807) is 18.2 Å². The van der Waals surface area contributed by atoms with Gasteiger partial charge in [-0.25, -0.2) is 0 Å². The molecule has 6 heteroatoms. The Morgan fingerprint density at radius 3 is 2.37 bits per heavy atom. The van der Waals surface area contributed by atoms with Crippen LogP contribution in [0.15, 0.2) is 42.5 Å². The molecule has 0 saturated heterocycles. The molecule has 0 radical (unpaired) electrons. The summed E-state index contributed by atoms with van der Waals surface area (Å²) in [5.41, 5.74) is 1.35. The Kier molecular flexibility index (Phi) is 3.51. The molecule has 0 aliphatic rings. The number of nitro groups is 1. The standard InChI is InChI=1S/C13H12N2O4/c16-12-6-1-9(13(17)7-12)8-14-10-2-4-11(5-3-10)15(18)19/h1-7,14,16-17H,8H2. The lowest BCUT2D eigenvalue weighted by atomic mass is 10.2.